The van der Waals surface area contributed by atoms with Crippen LogP contribution in [-0.2, 0) is 16.1 Å². The lowest BCUT2D eigenvalue weighted by Gasteiger charge is -2.14. The molecule has 1 aliphatic rings. The smallest absolute Gasteiger partial charge is 0.327 e. The summed E-state index contributed by atoms with van der Waals surface area (Å²) in [6, 6.07) is 13.5. The Labute approximate surface area is 147 Å². The molecule has 0 fully saturated rings. The molecule has 2 aromatic heterocycles. The molecule has 1 amide bonds. The molecule has 0 radical (unpaired) electrons. The summed E-state index contributed by atoms with van der Waals surface area (Å²) in [5.74, 6) is -0.814. The second kappa shape index (κ2) is 6.18. The molecular weight excluding hydrogens is 338 g/mol. The molecule has 0 saturated heterocycles. The van der Waals surface area contributed by atoms with E-state index >= 15 is 0 Å². The number of benzene rings is 1. The Bertz CT molecular complexity index is 988. The molecule has 0 unspecified atom stereocenters. The SMILES string of the molecule is COC(=O)CN1N=C(c2ccccc2)Cn2c(cc3sccc32)C1=O. The van der Waals surface area contributed by atoms with Gasteiger partial charge in [-0.05, 0) is 23.1 Å². The summed E-state index contributed by atoms with van der Waals surface area (Å²) in [5.41, 5.74) is 3.16. The first-order valence-electron chi connectivity index (χ1n) is 7.75. The predicted octanol–water partition coefficient (Wildman–Crippen LogP) is 2.74. The van der Waals surface area contributed by atoms with Gasteiger partial charge in [-0.2, -0.15) is 5.10 Å². The minimum absolute atomic E-state index is 0.218. The third kappa shape index (κ3) is 2.72. The van der Waals surface area contributed by atoms with Crippen LogP contribution in [0, 0.1) is 0 Å². The zero-order chi connectivity index (χ0) is 17.4. The molecule has 6 nitrogen and oxygen atoms in total. The number of amides is 1. The number of hydrazone groups is 1. The summed E-state index contributed by atoms with van der Waals surface area (Å²) in [6.07, 6.45) is 0. The Kier molecular flexibility index (Phi) is 3.85. The van der Waals surface area contributed by atoms with Crippen LogP contribution in [-0.4, -0.2) is 40.8 Å². The van der Waals surface area contributed by atoms with Crippen molar-refractivity contribution in [1.82, 2.24) is 9.58 Å². The molecule has 0 spiro atoms. The van der Waals surface area contributed by atoms with E-state index in [1.54, 1.807) is 11.3 Å². The van der Waals surface area contributed by atoms with Gasteiger partial charge >= 0.3 is 5.97 Å². The van der Waals surface area contributed by atoms with E-state index in [9.17, 15) is 9.59 Å². The van der Waals surface area contributed by atoms with Gasteiger partial charge in [-0.1, -0.05) is 30.3 Å². The monoisotopic (exact) mass is 353 g/mol. The Morgan fingerprint density at radius 1 is 1.28 bits per heavy atom. The van der Waals surface area contributed by atoms with Gasteiger partial charge in [0.05, 0.1) is 29.6 Å². The van der Waals surface area contributed by atoms with Gasteiger partial charge in [-0.25, -0.2) is 5.01 Å². The molecule has 126 valence electrons. The van der Waals surface area contributed by atoms with Crippen molar-refractivity contribution in [3.63, 3.8) is 0 Å². The van der Waals surface area contributed by atoms with Crippen molar-refractivity contribution in [2.45, 2.75) is 6.54 Å². The van der Waals surface area contributed by atoms with Gasteiger partial charge in [0.1, 0.15) is 12.2 Å². The number of thiophene rings is 1. The van der Waals surface area contributed by atoms with Crippen molar-refractivity contribution >= 4 is 39.1 Å². The average molecular weight is 353 g/mol. The van der Waals surface area contributed by atoms with Gasteiger partial charge in [-0.15, -0.1) is 11.3 Å². The Hall–Kier alpha value is -2.93. The topological polar surface area (TPSA) is 63.9 Å². The molecule has 1 aromatic carbocycles. The predicted molar refractivity (Wildman–Crippen MR) is 95.8 cm³/mol. The molecular formula is C18H15N3O3S. The standard InChI is InChI=1S/C18H15N3O3S/c1-24-17(22)11-21-18(23)15-9-16-14(7-8-25-16)20(15)10-13(19-21)12-5-3-2-4-6-12/h2-9H,10-11H2,1H3. The zero-order valence-electron chi connectivity index (χ0n) is 13.5. The third-order valence-electron chi connectivity index (χ3n) is 4.14. The van der Waals surface area contributed by atoms with Gasteiger partial charge in [0.25, 0.3) is 5.91 Å². The largest absolute Gasteiger partial charge is 0.468 e. The zero-order valence-corrected chi connectivity index (χ0v) is 14.3. The van der Waals surface area contributed by atoms with E-state index in [0.717, 1.165) is 21.5 Å². The summed E-state index contributed by atoms with van der Waals surface area (Å²) in [6.45, 7) is 0.244. The number of hydrogen-bond acceptors (Lipinski definition) is 5. The van der Waals surface area contributed by atoms with Gasteiger partial charge in [0.15, 0.2) is 0 Å². The summed E-state index contributed by atoms with van der Waals surface area (Å²) in [5, 5.41) is 7.66. The minimum atomic E-state index is -0.508. The third-order valence-corrected chi connectivity index (χ3v) is 4.99. The van der Waals surface area contributed by atoms with Crippen molar-refractivity contribution in [2.24, 2.45) is 5.10 Å². The molecule has 0 atom stereocenters. The lowest BCUT2D eigenvalue weighted by molar-refractivity contribution is -0.141. The number of rotatable bonds is 3. The molecule has 25 heavy (non-hydrogen) atoms. The lowest BCUT2D eigenvalue weighted by Crippen LogP contribution is -2.32. The number of esters is 1. The van der Waals surface area contributed by atoms with E-state index < -0.39 is 5.97 Å². The van der Waals surface area contributed by atoms with Gasteiger partial charge in [-0.3, -0.25) is 9.59 Å². The van der Waals surface area contributed by atoms with Crippen LogP contribution >= 0.6 is 11.3 Å². The molecule has 0 aliphatic carbocycles. The summed E-state index contributed by atoms with van der Waals surface area (Å²) in [7, 11) is 1.30. The molecule has 7 heteroatoms. The molecule has 4 rings (SSSR count). The highest BCUT2D eigenvalue weighted by Gasteiger charge is 2.28. The Morgan fingerprint density at radius 2 is 2.08 bits per heavy atom. The quantitative estimate of drug-likeness (QED) is 0.680. The molecule has 3 aromatic rings. The molecule has 0 N–H and O–H groups in total. The maximum Gasteiger partial charge on any atom is 0.327 e. The van der Waals surface area contributed by atoms with Crippen LogP contribution in [0.1, 0.15) is 16.1 Å². The van der Waals surface area contributed by atoms with E-state index in [0.29, 0.717) is 12.2 Å². The molecule has 0 saturated carbocycles. The fraction of sp³-hybridized carbons (Fsp3) is 0.167. The van der Waals surface area contributed by atoms with Crippen LogP contribution in [0.4, 0.5) is 0 Å². The normalized spacial score (nSPS) is 14.2. The van der Waals surface area contributed by atoms with Crippen molar-refractivity contribution in [2.75, 3.05) is 13.7 Å². The summed E-state index contributed by atoms with van der Waals surface area (Å²) >= 11 is 1.58. The number of fused-ring (bicyclic) bond motifs is 3. The van der Waals surface area contributed by atoms with Crippen LogP contribution in [0.25, 0.3) is 10.2 Å². The average Bonchev–Trinajstić information content (AvgIpc) is 3.19. The van der Waals surface area contributed by atoms with E-state index in [2.05, 4.69) is 5.10 Å². The number of carbonyl (C=O) groups excluding carboxylic acids is 2. The highest BCUT2D eigenvalue weighted by atomic mass is 32.1. The van der Waals surface area contributed by atoms with E-state index in [1.165, 1.54) is 12.1 Å². The molecule has 1 aliphatic heterocycles. The second-order valence-electron chi connectivity index (χ2n) is 5.64. The van der Waals surface area contributed by atoms with Crippen LogP contribution in [0.5, 0.6) is 0 Å². The van der Waals surface area contributed by atoms with Gasteiger partial charge in [0.2, 0.25) is 0 Å². The number of aromatic nitrogens is 1. The van der Waals surface area contributed by atoms with E-state index in [-0.39, 0.29) is 12.5 Å². The van der Waals surface area contributed by atoms with Crippen molar-refractivity contribution in [1.29, 1.82) is 0 Å². The van der Waals surface area contributed by atoms with E-state index in [1.807, 2.05) is 52.4 Å². The number of ether oxygens (including phenoxy) is 1. The van der Waals surface area contributed by atoms with E-state index in [4.69, 9.17) is 4.74 Å². The Balaban J connectivity index is 1.86. The number of nitrogens with zero attached hydrogens (tertiary/aromatic N) is 3. The van der Waals surface area contributed by atoms with Crippen LogP contribution in [0.2, 0.25) is 0 Å². The number of hydrogen-bond donors (Lipinski definition) is 0. The second-order valence-corrected chi connectivity index (χ2v) is 6.59. The highest BCUT2D eigenvalue weighted by Crippen LogP contribution is 2.28. The maximum absolute atomic E-state index is 12.9. The number of methoxy groups -OCH3 is 1. The first-order valence-corrected chi connectivity index (χ1v) is 8.63. The molecule has 3 heterocycles. The minimum Gasteiger partial charge on any atom is -0.468 e. The fourth-order valence-electron chi connectivity index (χ4n) is 2.90. The summed E-state index contributed by atoms with van der Waals surface area (Å²) in [4.78, 5) is 24.7. The van der Waals surface area contributed by atoms with Crippen molar-refractivity contribution in [3.05, 3.63) is 59.1 Å². The molecule has 0 bridgehead atoms. The van der Waals surface area contributed by atoms with Gasteiger partial charge < -0.3 is 9.30 Å². The van der Waals surface area contributed by atoms with Crippen molar-refractivity contribution in [3.8, 4) is 0 Å². The number of carbonyl (C=O) groups is 2. The first-order chi connectivity index (χ1) is 12.2. The van der Waals surface area contributed by atoms with Crippen LogP contribution < -0.4 is 0 Å². The fourth-order valence-corrected chi connectivity index (χ4v) is 3.73. The van der Waals surface area contributed by atoms with Gasteiger partial charge in [0, 0.05) is 0 Å². The first kappa shape index (κ1) is 15.6. The van der Waals surface area contributed by atoms with Crippen molar-refractivity contribution < 1.29 is 14.3 Å². The highest BCUT2D eigenvalue weighted by molar-refractivity contribution is 7.17. The van der Waals surface area contributed by atoms with Crippen LogP contribution in [0.3, 0.4) is 0 Å². The summed E-state index contributed by atoms with van der Waals surface area (Å²) < 4.78 is 7.70. The van der Waals surface area contributed by atoms with Crippen LogP contribution in [0.15, 0.2) is 52.9 Å². The Morgan fingerprint density at radius 3 is 2.84 bits per heavy atom. The maximum atomic E-state index is 12.9. The lowest BCUT2D eigenvalue weighted by atomic mass is 10.1.